The van der Waals surface area contributed by atoms with Gasteiger partial charge in [-0.15, -0.1) is 0 Å². The summed E-state index contributed by atoms with van der Waals surface area (Å²) in [5.41, 5.74) is 1.90. The van der Waals surface area contributed by atoms with Crippen LogP contribution >= 0.6 is 0 Å². The summed E-state index contributed by atoms with van der Waals surface area (Å²) in [6.45, 7) is 8.10. The predicted octanol–water partition coefficient (Wildman–Crippen LogP) is 2.04. The first-order chi connectivity index (χ1) is 7.22. The number of oxime groups is 1. The number of aryl methyl sites for hydroxylation is 1. The summed E-state index contributed by atoms with van der Waals surface area (Å²) in [5, 5.41) is 11.4. The van der Waals surface area contributed by atoms with Gasteiger partial charge in [0.05, 0.1) is 6.21 Å². The zero-order valence-electron chi connectivity index (χ0n) is 9.44. The van der Waals surface area contributed by atoms with Crippen LogP contribution in [0.25, 0.3) is 0 Å². The normalized spacial score (nSPS) is 10.9. The Morgan fingerprint density at radius 3 is 2.60 bits per heavy atom. The summed E-state index contributed by atoms with van der Waals surface area (Å²) in [7, 11) is 0. The Hall–Kier alpha value is -1.58. The average molecular weight is 207 g/mol. The molecule has 1 rings (SSSR count). The smallest absolute Gasteiger partial charge is 0.131 e. The standard InChI is InChI=1S/C11H17N3O/c1-4-14(5-2)11-9(3)6-10(7-12-11)8-13-15/h6-8,15H,4-5H2,1-3H3/b13-8-. The highest BCUT2D eigenvalue weighted by atomic mass is 16.4. The van der Waals surface area contributed by atoms with Gasteiger partial charge in [-0.3, -0.25) is 0 Å². The quantitative estimate of drug-likeness (QED) is 0.467. The SMILES string of the molecule is CCN(CC)c1ncc(/C=N\O)cc1C. The maximum Gasteiger partial charge on any atom is 0.131 e. The van der Waals surface area contributed by atoms with Gasteiger partial charge in [0.15, 0.2) is 0 Å². The van der Waals surface area contributed by atoms with Gasteiger partial charge in [0.25, 0.3) is 0 Å². The first-order valence-electron chi connectivity index (χ1n) is 5.11. The highest BCUT2D eigenvalue weighted by Gasteiger charge is 2.06. The molecule has 0 saturated heterocycles. The summed E-state index contributed by atoms with van der Waals surface area (Å²) in [4.78, 5) is 6.55. The fourth-order valence-corrected chi connectivity index (χ4v) is 1.58. The molecule has 0 unspecified atom stereocenters. The fourth-order valence-electron chi connectivity index (χ4n) is 1.58. The summed E-state index contributed by atoms with van der Waals surface area (Å²) < 4.78 is 0. The molecule has 1 N–H and O–H groups in total. The number of aromatic nitrogens is 1. The minimum Gasteiger partial charge on any atom is -0.411 e. The first-order valence-corrected chi connectivity index (χ1v) is 5.11. The highest BCUT2D eigenvalue weighted by Crippen LogP contribution is 2.16. The molecule has 1 aromatic heterocycles. The van der Waals surface area contributed by atoms with Crippen molar-refractivity contribution in [3.8, 4) is 0 Å². The van der Waals surface area contributed by atoms with Crippen molar-refractivity contribution in [2.75, 3.05) is 18.0 Å². The topological polar surface area (TPSA) is 48.7 Å². The van der Waals surface area contributed by atoms with E-state index in [1.807, 2.05) is 13.0 Å². The Bertz CT molecular complexity index is 346. The van der Waals surface area contributed by atoms with Gasteiger partial charge in [-0.2, -0.15) is 0 Å². The van der Waals surface area contributed by atoms with E-state index in [0.29, 0.717) is 0 Å². The number of hydrogen-bond acceptors (Lipinski definition) is 4. The molecule has 0 radical (unpaired) electrons. The molecule has 1 aromatic rings. The van der Waals surface area contributed by atoms with Crippen molar-refractivity contribution in [1.29, 1.82) is 0 Å². The van der Waals surface area contributed by atoms with Crippen LogP contribution in [0, 0.1) is 6.92 Å². The summed E-state index contributed by atoms with van der Waals surface area (Å²) in [6, 6.07) is 1.96. The van der Waals surface area contributed by atoms with Gasteiger partial charge < -0.3 is 10.1 Å². The molecule has 1 heterocycles. The molecule has 4 heteroatoms. The van der Waals surface area contributed by atoms with Gasteiger partial charge in [-0.05, 0) is 32.4 Å². The molecular formula is C11H17N3O. The lowest BCUT2D eigenvalue weighted by Gasteiger charge is -2.21. The maximum absolute atomic E-state index is 8.41. The lowest BCUT2D eigenvalue weighted by molar-refractivity contribution is 0.322. The van der Waals surface area contributed by atoms with Gasteiger partial charge in [0.2, 0.25) is 0 Å². The molecule has 0 amide bonds. The molecule has 82 valence electrons. The van der Waals surface area contributed by atoms with Gasteiger partial charge in [0.1, 0.15) is 5.82 Å². The maximum atomic E-state index is 8.41. The minimum atomic E-state index is 0.811. The Kier molecular flexibility index (Phi) is 4.09. The number of nitrogens with zero attached hydrogens (tertiary/aromatic N) is 3. The Balaban J connectivity index is 3.01. The third-order valence-electron chi connectivity index (χ3n) is 2.34. The number of anilines is 1. The lowest BCUT2D eigenvalue weighted by atomic mass is 10.2. The van der Waals surface area contributed by atoms with Crippen LogP contribution in [-0.2, 0) is 0 Å². The molecule has 0 fully saturated rings. The molecule has 15 heavy (non-hydrogen) atoms. The monoisotopic (exact) mass is 207 g/mol. The van der Waals surface area contributed by atoms with E-state index in [4.69, 9.17) is 5.21 Å². The van der Waals surface area contributed by atoms with Crippen LogP contribution in [0.3, 0.4) is 0 Å². The molecule has 0 aliphatic carbocycles. The van der Waals surface area contributed by atoms with Gasteiger partial charge in [-0.25, -0.2) is 4.98 Å². The van der Waals surface area contributed by atoms with Gasteiger partial charge >= 0.3 is 0 Å². The van der Waals surface area contributed by atoms with E-state index in [1.165, 1.54) is 6.21 Å². The molecule has 4 nitrogen and oxygen atoms in total. The molecule has 0 bridgehead atoms. The van der Waals surface area contributed by atoms with Crippen LogP contribution in [0.2, 0.25) is 0 Å². The fraction of sp³-hybridized carbons (Fsp3) is 0.455. The first kappa shape index (κ1) is 11.5. The minimum absolute atomic E-state index is 0.811. The van der Waals surface area contributed by atoms with E-state index in [0.717, 1.165) is 30.0 Å². The number of hydrogen-bond donors (Lipinski definition) is 1. The van der Waals surface area contributed by atoms with E-state index in [9.17, 15) is 0 Å². The van der Waals surface area contributed by atoms with E-state index < -0.39 is 0 Å². The highest BCUT2D eigenvalue weighted by molar-refractivity contribution is 5.79. The third kappa shape index (κ3) is 2.68. The van der Waals surface area contributed by atoms with Crippen molar-refractivity contribution in [3.05, 3.63) is 23.4 Å². The van der Waals surface area contributed by atoms with Crippen molar-refractivity contribution in [2.45, 2.75) is 20.8 Å². The second-order valence-electron chi connectivity index (χ2n) is 3.33. The van der Waals surface area contributed by atoms with Crippen molar-refractivity contribution in [2.24, 2.45) is 5.16 Å². The summed E-state index contributed by atoms with van der Waals surface area (Å²) in [5.74, 6) is 0.995. The second-order valence-corrected chi connectivity index (χ2v) is 3.33. The van der Waals surface area contributed by atoms with Crippen molar-refractivity contribution in [3.63, 3.8) is 0 Å². The second kappa shape index (κ2) is 5.34. The average Bonchev–Trinajstić information content (AvgIpc) is 2.23. The predicted molar refractivity (Wildman–Crippen MR) is 61.9 cm³/mol. The van der Waals surface area contributed by atoms with Crippen molar-refractivity contribution < 1.29 is 5.21 Å². The Morgan fingerprint density at radius 2 is 2.13 bits per heavy atom. The van der Waals surface area contributed by atoms with Crippen LogP contribution in [0.15, 0.2) is 17.4 Å². The zero-order valence-corrected chi connectivity index (χ0v) is 9.44. The van der Waals surface area contributed by atoms with E-state index >= 15 is 0 Å². The van der Waals surface area contributed by atoms with E-state index in [-0.39, 0.29) is 0 Å². The van der Waals surface area contributed by atoms with Crippen LogP contribution in [-0.4, -0.2) is 29.5 Å². The molecule has 0 spiro atoms. The van der Waals surface area contributed by atoms with Crippen LogP contribution in [0.5, 0.6) is 0 Å². The molecule has 0 aliphatic heterocycles. The van der Waals surface area contributed by atoms with Crippen LogP contribution < -0.4 is 4.90 Å². The van der Waals surface area contributed by atoms with E-state index in [2.05, 4.69) is 28.9 Å². The zero-order chi connectivity index (χ0) is 11.3. The molecule has 0 saturated carbocycles. The van der Waals surface area contributed by atoms with Crippen molar-refractivity contribution in [1.82, 2.24) is 4.98 Å². The number of pyridine rings is 1. The number of rotatable bonds is 4. The Morgan fingerprint density at radius 1 is 1.47 bits per heavy atom. The summed E-state index contributed by atoms with van der Waals surface area (Å²) in [6.07, 6.45) is 3.09. The summed E-state index contributed by atoms with van der Waals surface area (Å²) >= 11 is 0. The van der Waals surface area contributed by atoms with Crippen LogP contribution in [0.1, 0.15) is 25.0 Å². The van der Waals surface area contributed by atoms with Crippen LogP contribution in [0.4, 0.5) is 5.82 Å². The molecule has 0 atom stereocenters. The largest absolute Gasteiger partial charge is 0.411 e. The van der Waals surface area contributed by atoms with E-state index in [1.54, 1.807) is 6.20 Å². The molecular weight excluding hydrogens is 190 g/mol. The molecule has 0 aliphatic rings. The van der Waals surface area contributed by atoms with Gasteiger partial charge in [0, 0.05) is 24.8 Å². The molecule has 0 aromatic carbocycles. The Labute approximate surface area is 90.2 Å². The van der Waals surface area contributed by atoms with Crippen molar-refractivity contribution >= 4 is 12.0 Å². The third-order valence-corrected chi connectivity index (χ3v) is 2.34. The van der Waals surface area contributed by atoms with Gasteiger partial charge in [-0.1, -0.05) is 5.16 Å². The lowest BCUT2D eigenvalue weighted by Crippen LogP contribution is -2.23.